The number of guanidine groups is 1. The van der Waals surface area contributed by atoms with Gasteiger partial charge in [-0.2, -0.15) is 0 Å². The molecule has 1 aliphatic rings. The van der Waals surface area contributed by atoms with Crippen molar-refractivity contribution in [1.29, 1.82) is 0 Å². The van der Waals surface area contributed by atoms with Crippen molar-refractivity contribution in [3.05, 3.63) is 42.0 Å². The number of halogens is 1. The highest BCUT2D eigenvalue weighted by atomic mass is 127. The Balaban J connectivity index is 0.00000264. The van der Waals surface area contributed by atoms with E-state index in [-0.39, 0.29) is 24.0 Å². The van der Waals surface area contributed by atoms with Crippen molar-refractivity contribution in [1.82, 2.24) is 10.6 Å². The summed E-state index contributed by atoms with van der Waals surface area (Å²) in [5, 5.41) is 6.79. The molecule has 2 N–H and O–H groups in total. The third-order valence-corrected chi connectivity index (χ3v) is 4.17. The van der Waals surface area contributed by atoms with E-state index in [9.17, 15) is 0 Å². The molecule has 128 valence electrons. The monoisotopic (exact) mass is 428 g/mol. The summed E-state index contributed by atoms with van der Waals surface area (Å²) in [5.41, 5.74) is 2.54. The maximum Gasteiger partial charge on any atom is 0.191 e. The third kappa shape index (κ3) is 6.05. The zero-order valence-corrected chi connectivity index (χ0v) is 16.9. The van der Waals surface area contributed by atoms with Crippen molar-refractivity contribution in [3.63, 3.8) is 0 Å². The predicted octanol–water partition coefficient (Wildman–Crippen LogP) is 3.39. The van der Waals surface area contributed by atoms with Crippen molar-refractivity contribution in [3.8, 4) is 0 Å². The first-order valence-corrected chi connectivity index (χ1v) is 8.06. The van der Waals surface area contributed by atoms with Crippen LogP contribution in [0.3, 0.4) is 0 Å². The number of hydrogen-bond donors (Lipinski definition) is 2. The lowest BCUT2D eigenvalue weighted by molar-refractivity contribution is 0.481. The molecule has 2 rings (SSSR count). The smallest absolute Gasteiger partial charge is 0.191 e. The van der Waals surface area contributed by atoms with Gasteiger partial charge in [-0.15, -0.1) is 24.0 Å². The lowest BCUT2D eigenvalue weighted by Gasteiger charge is -2.21. The molecular formula is C18H29IN4. The molecule has 0 aliphatic carbocycles. The van der Waals surface area contributed by atoms with E-state index in [0.29, 0.717) is 12.0 Å². The minimum absolute atomic E-state index is 0. The number of anilines is 1. The average Bonchev–Trinajstić information content (AvgIpc) is 3.06. The van der Waals surface area contributed by atoms with Crippen molar-refractivity contribution in [2.75, 3.05) is 25.0 Å². The van der Waals surface area contributed by atoms with Crippen LogP contribution in [0.1, 0.15) is 26.3 Å². The first kappa shape index (κ1) is 19.8. The van der Waals surface area contributed by atoms with Crippen LogP contribution < -0.4 is 15.5 Å². The van der Waals surface area contributed by atoms with Crippen LogP contribution >= 0.6 is 24.0 Å². The number of nitrogens with one attached hydrogen (secondary N) is 2. The van der Waals surface area contributed by atoms with E-state index in [1.807, 2.05) is 7.05 Å². The molecule has 0 aromatic heterocycles. The molecule has 1 aliphatic heterocycles. The van der Waals surface area contributed by atoms with Crippen molar-refractivity contribution in [2.24, 2.45) is 10.9 Å². The SMILES string of the molecule is CN=C(NCc1ccc(N2CC=CC2)cc1)NC(C)C(C)C.I. The van der Waals surface area contributed by atoms with Crippen LogP contribution in [0.4, 0.5) is 5.69 Å². The third-order valence-electron chi connectivity index (χ3n) is 4.17. The Morgan fingerprint density at radius 2 is 1.74 bits per heavy atom. The van der Waals surface area contributed by atoms with Gasteiger partial charge in [0.15, 0.2) is 5.96 Å². The first-order chi connectivity index (χ1) is 10.6. The highest BCUT2D eigenvalue weighted by Crippen LogP contribution is 2.17. The number of aliphatic imine (C=N–C) groups is 1. The van der Waals surface area contributed by atoms with Crippen LogP contribution in [0.25, 0.3) is 0 Å². The molecule has 0 saturated heterocycles. The molecular weight excluding hydrogens is 399 g/mol. The lowest BCUT2D eigenvalue weighted by atomic mass is 10.1. The summed E-state index contributed by atoms with van der Waals surface area (Å²) < 4.78 is 0. The summed E-state index contributed by atoms with van der Waals surface area (Å²) in [7, 11) is 1.81. The van der Waals surface area contributed by atoms with E-state index in [1.54, 1.807) is 0 Å². The van der Waals surface area contributed by atoms with Gasteiger partial charge in [0.25, 0.3) is 0 Å². The molecule has 1 heterocycles. The molecule has 0 spiro atoms. The van der Waals surface area contributed by atoms with Gasteiger partial charge in [0.1, 0.15) is 0 Å². The summed E-state index contributed by atoms with van der Waals surface area (Å²) >= 11 is 0. The number of nitrogens with zero attached hydrogens (tertiary/aromatic N) is 2. The molecule has 0 radical (unpaired) electrons. The zero-order valence-electron chi connectivity index (χ0n) is 14.5. The van der Waals surface area contributed by atoms with E-state index in [0.717, 1.165) is 25.6 Å². The van der Waals surface area contributed by atoms with Gasteiger partial charge in [0.05, 0.1) is 0 Å². The number of hydrogen-bond acceptors (Lipinski definition) is 2. The highest BCUT2D eigenvalue weighted by molar-refractivity contribution is 14.0. The Morgan fingerprint density at radius 3 is 2.26 bits per heavy atom. The maximum absolute atomic E-state index is 4.28. The van der Waals surface area contributed by atoms with Crippen LogP contribution in [0.5, 0.6) is 0 Å². The fourth-order valence-corrected chi connectivity index (χ4v) is 2.28. The second kappa shape index (κ2) is 9.80. The van der Waals surface area contributed by atoms with Crippen molar-refractivity contribution >= 4 is 35.6 Å². The Morgan fingerprint density at radius 1 is 1.13 bits per heavy atom. The molecule has 1 aromatic carbocycles. The van der Waals surface area contributed by atoms with Gasteiger partial charge in [-0.05, 0) is 30.5 Å². The van der Waals surface area contributed by atoms with Gasteiger partial charge in [-0.25, -0.2) is 0 Å². The van der Waals surface area contributed by atoms with Gasteiger partial charge >= 0.3 is 0 Å². The van der Waals surface area contributed by atoms with Gasteiger partial charge in [0, 0.05) is 38.4 Å². The fourth-order valence-electron chi connectivity index (χ4n) is 2.28. The molecule has 1 atom stereocenters. The zero-order chi connectivity index (χ0) is 15.9. The standard InChI is InChI=1S/C18H28N4.HI/c1-14(2)15(3)21-18(19-4)20-13-16-7-9-17(10-8-16)22-11-5-6-12-22;/h5-10,14-15H,11-13H2,1-4H3,(H2,19,20,21);1H. The molecule has 23 heavy (non-hydrogen) atoms. The highest BCUT2D eigenvalue weighted by Gasteiger charge is 2.09. The van der Waals surface area contributed by atoms with E-state index in [4.69, 9.17) is 0 Å². The van der Waals surface area contributed by atoms with Gasteiger partial charge in [-0.3, -0.25) is 4.99 Å². The summed E-state index contributed by atoms with van der Waals surface area (Å²) in [6, 6.07) is 9.14. The first-order valence-electron chi connectivity index (χ1n) is 8.06. The van der Waals surface area contributed by atoms with E-state index in [2.05, 4.69) is 77.7 Å². The van der Waals surface area contributed by atoms with Gasteiger partial charge < -0.3 is 15.5 Å². The number of benzene rings is 1. The molecule has 0 saturated carbocycles. The second-order valence-corrected chi connectivity index (χ2v) is 6.15. The van der Waals surface area contributed by atoms with Crippen LogP contribution in [-0.2, 0) is 6.54 Å². The lowest BCUT2D eigenvalue weighted by Crippen LogP contribution is -2.43. The molecule has 0 amide bonds. The molecule has 4 nitrogen and oxygen atoms in total. The molecule has 5 heteroatoms. The van der Waals surface area contributed by atoms with Crippen LogP contribution in [0, 0.1) is 5.92 Å². The largest absolute Gasteiger partial charge is 0.364 e. The maximum atomic E-state index is 4.28. The van der Waals surface area contributed by atoms with Crippen molar-refractivity contribution < 1.29 is 0 Å². The minimum Gasteiger partial charge on any atom is -0.364 e. The summed E-state index contributed by atoms with van der Waals surface area (Å²) in [5.74, 6) is 1.43. The summed E-state index contributed by atoms with van der Waals surface area (Å²) in [6.07, 6.45) is 4.42. The molecule has 0 bridgehead atoms. The predicted molar refractivity (Wildman–Crippen MR) is 111 cm³/mol. The fraction of sp³-hybridized carbons (Fsp3) is 0.500. The molecule has 0 fully saturated rings. The van der Waals surface area contributed by atoms with Crippen LogP contribution in [0.2, 0.25) is 0 Å². The average molecular weight is 428 g/mol. The molecule has 1 aromatic rings. The topological polar surface area (TPSA) is 39.7 Å². The number of rotatable bonds is 5. The van der Waals surface area contributed by atoms with Crippen molar-refractivity contribution in [2.45, 2.75) is 33.4 Å². The minimum atomic E-state index is 0. The van der Waals surface area contributed by atoms with Crippen LogP contribution in [0.15, 0.2) is 41.4 Å². The Labute approximate surface area is 157 Å². The normalized spacial score (nSPS) is 15.5. The Hall–Kier alpha value is -1.24. The van der Waals surface area contributed by atoms with Gasteiger partial charge in [-0.1, -0.05) is 38.1 Å². The van der Waals surface area contributed by atoms with E-state index in [1.165, 1.54) is 11.3 Å². The van der Waals surface area contributed by atoms with Crippen LogP contribution in [-0.4, -0.2) is 32.1 Å². The Bertz CT molecular complexity index is 514. The molecule has 1 unspecified atom stereocenters. The second-order valence-electron chi connectivity index (χ2n) is 6.15. The van der Waals surface area contributed by atoms with E-state index >= 15 is 0 Å². The summed E-state index contributed by atoms with van der Waals surface area (Å²) in [6.45, 7) is 9.40. The Kier molecular flexibility index (Phi) is 8.44. The van der Waals surface area contributed by atoms with E-state index < -0.39 is 0 Å². The summed E-state index contributed by atoms with van der Waals surface area (Å²) in [4.78, 5) is 6.63. The van der Waals surface area contributed by atoms with Gasteiger partial charge in [0.2, 0.25) is 0 Å². The quantitative estimate of drug-likeness (QED) is 0.327.